The number of imidazole rings is 1. The van der Waals surface area contributed by atoms with Gasteiger partial charge < -0.3 is 11.1 Å². The second-order valence-corrected chi connectivity index (χ2v) is 11.7. The molecule has 0 aliphatic heterocycles. The summed E-state index contributed by atoms with van der Waals surface area (Å²) in [4.78, 5) is 36.8. The van der Waals surface area contributed by atoms with Crippen LogP contribution < -0.4 is 16.6 Å². The zero-order valence-electron chi connectivity index (χ0n) is 27.8. The zero-order valence-corrected chi connectivity index (χ0v) is 27.8. The first-order chi connectivity index (χ1) is 25.0. The van der Waals surface area contributed by atoms with Gasteiger partial charge in [0.05, 0.1) is 22.6 Å². The minimum atomic E-state index is -0.136. The van der Waals surface area contributed by atoms with Crippen LogP contribution in [-0.2, 0) is 6.54 Å². The Morgan fingerprint density at radius 3 is 2.12 bits per heavy atom. The van der Waals surface area contributed by atoms with Gasteiger partial charge in [-0.25, -0.2) is 19.6 Å². The van der Waals surface area contributed by atoms with E-state index < -0.39 is 0 Å². The van der Waals surface area contributed by atoms with Crippen LogP contribution in [0.2, 0.25) is 0 Å². The van der Waals surface area contributed by atoms with Gasteiger partial charge in [-0.15, -0.1) is 0 Å². The van der Waals surface area contributed by atoms with Crippen molar-refractivity contribution < 1.29 is 4.79 Å². The number of aromatic nitrogens is 6. The van der Waals surface area contributed by atoms with Crippen LogP contribution in [0.25, 0.3) is 56.4 Å². The second kappa shape index (κ2) is 14.7. The van der Waals surface area contributed by atoms with Crippen molar-refractivity contribution in [3.63, 3.8) is 0 Å². The molecule has 10 heteroatoms. The van der Waals surface area contributed by atoms with E-state index in [1.165, 1.54) is 10.2 Å². The standard InChI is InChI=1S/C25H22N6.C16H12N2O2/c1-27-16-17-9-11-19(12-10-17)31-24(20-8-5-15-28-23(20)26)30-22-14-13-21(29-25(22)31)18-6-3-2-4-7-18;19-11-12-6-8-14(9-7-12)18-16(20)10-15(17-18)13-4-2-1-3-5-13/h2-15,27H,16H2,1H3,(H2,26,28);1-11,17H. The third-order valence-electron chi connectivity index (χ3n) is 8.32. The van der Waals surface area contributed by atoms with E-state index in [-0.39, 0.29) is 5.56 Å². The Balaban J connectivity index is 0.000000175. The lowest BCUT2D eigenvalue weighted by Gasteiger charge is -2.11. The molecule has 4 N–H and O–H groups in total. The van der Waals surface area contributed by atoms with Crippen LogP contribution in [0.3, 0.4) is 0 Å². The molecule has 51 heavy (non-hydrogen) atoms. The number of nitrogens with zero attached hydrogens (tertiary/aromatic N) is 5. The van der Waals surface area contributed by atoms with Crippen molar-refractivity contribution in [3.8, 4) is 45.3 Å². The Bertz CT molecular complexity index is 2470. The molecule has 4 heterocycles. The maximum absolute atomic E-state index is 12.0. The van der Waals surface area contributed by atoms with Crippen LogP contribution in [0.1, 0.15) is 15.9 Å². The van der Waals surface area contributed by atoms with Crippen molar-refractivity contribution in [3.05, 3.63) is 167 Å². The number of aromatic amines is 1. The third-order valence-corrected chi connectivity index (χ3v) is 8.32. The highest BCUT2D eigenvalue weighted by atomic mass is 16.1. The normalized spacial score (nSPS) is 10.8. The molecular formula is C41H34N8O2. The van der Waals surface area contributed by atoms with Gasteiger partial charge in [-0.1, -0.05) is 72.8 Å². The molecule has 0 fully saturated rings. The smallest absolute Gasteiger partial charge is 0.271 e. The van der Waals surface area contributed by atoms with E-state index in [2.05, 4.69) is 56.4 Å². The number of anilines is 1. The predicted octanol–water partition coefficient (Wildman–Crippen LogP) is 7.10. The fourth-order valence-corrected chi connectivity index (χ4v) is 5.78. The lowest BCUT2D eigenvalue weighted by molar-refractivity contribution is 0.112. The van der Waals surface area contributed by atoms with Crippen molar-refractivity contribution in [2.24, 2.45) is 0 Å². The van der Waals surface area contributed by atoms with Gasteiger partial charge in [-0.05, 0) is 78.8 Å². The average molecular weight is 671 g/mol. The number of hydrogen-bond donors (Lipinski definition) is 3. The van der Waals surface area contributed by atoms with Crippen molar-refractivity contribution in [1.29, 1.82) is 0 Å². The molecule has 0 bridgehead atoms. The molecule has 8 rings (SSSR count). The van der Waals surface area contributed by atoms with Crippen LogP contribution in [-0.4, -0.2) is 42.6 Å². The fourth-order valence-electron chi connectivity index (χ4n) is 5.78. The first kappa shape index (κ1) is 32.6. The van der Waals surface area contributed by atoms with Crippen molar-refractivity contribution >= 4 is 23.3 Å². The topological polar surface area (TPSA) is 137 Å². The van der Waals surface area contributed by atoms with Crippen molar-refractivity contribution in [1.82, 2.24) is 34.6 Å². The highest BCUT2D eigenvalue weighted by Crippen LogP contribution is 2.31. The molecule has 4 aromatic carbocycles. The number of carbonyl (C=O) groups excluding carboxylic acids is 1. The van der Waals surface area contributed by atoms with Gasteiger partial charge in [0.2, 0.25) is 0 Å². The largest absolute Gasteiger partial charge is 0.383 e. The minimum absolute atomic E-state index is 0.136. The van der Waals surface area contributed by atoms with Gasteiger partial charge >= 0.3 is 0 Å². The number of benzene rings is 4. The molecule has 0 spiro atoms. The first-order valence-electron chi connectivity index (χ1n) is 16.3. The van der Waals surface area contributed by atoms with Gasteiger partial charge in [0.1, 0.15) is 17.6 Å². The lowest BCUT2D eigenvalue weighted by Crippen LogP contribution is -2.13. The highest BCUT2D eigenvalue weighted by Gasteiger charge is 2.18. The third kappa shape index (κ3) is 6.98. The Labute approximate surface area is 293 Å². The van der Waals surface area contributed by atoms with Crippen molar-refractivity contribution in [2.75, 3.05) is 12.8 Å². The van der Waals surface area contributed by atoms with E-state index in [9.17, 15) is 9.59 Å². The summed E-state index contributed by atoms with van der Waals surface area (Å²) in [6.07, 6.45) is 2.46. The van der Waals surface area contributed by atoms with Crippen LogP contribution >= 0.6 is 0 Å². The summed E-state index contributed by atoms with van der Waals surface area (Å²) < 4.78 is 3.51. The number of hydrogen-bond acceptors (Lipinski definition) is 7. The number of aldehydes is 1. The van der Waals surface area contributed by atoms with Crippen molar-refractivity contribution in [2.45, 2.75) is 6.54 Å². The summed E-state index contributed by atoms with van der Waals surface area (Å²) in [6.45, 7) is 0.809. The fraction of sp³-hybridized carbons (Fsp3) is 0.0488. The number of nitrogens with two attached hydrogens (primary N) is 1. The molecule has 0 aliphatic carbocycles. The molecule has 0 saturated heterocycles. The molecule has 0 saturated carbocycles. The molecule has 0 atom stereocenters. The SMILES string of the molecule is CNCc1ccc(-n2c(-c3cccnc3N)nc3ccc(-c4ccccc4)nc32)cc1.O=Cc1ccc(-n2[nH]c(-c3ccccc3)cc2=O)cc1. The maximum atomic E-state index is 12.0. The highest BCUT2D eigenvalue weighted by molar-refractivity contribution is 5.84. The predicted molar refractivity (Wildman–Crippen MR) is 202 cm³/mol. The quantitative estimate of drug-likeness (QED) is 0.147. The molecule has 0 amide bonds. The van der Waals surface area contributed by atoms with E-state index >= 15 is 0 Å². The number of H-pyrrole nitrogens is 1. The molecule has 0 unspecified atom stereocenters. The van der Waals surface area contributed by atoms with Gasteiger partial charge in [-0.2, -0.15) is 0 Å². The van der Waals surface area contributed by atoms with Gasteiger partial charge in [0, 0.05) is 35.6 Å². The summed E-state index contributed by atoms with van der Waals surface area (Å²) in [7, 11) is 1.94. The zero-order chi connectivity index (χ0) is 35.2. The molecule has 250 valence electrons. The van der Waals surface area contributed by atoms with E-state index in [0.717, 1.165) is 63.6 Å². The summed E-state index contributed by atoms with van der Waals surface area (Å²) >= 11 is 0. The van der Waals surface area contributed by atoms with E-state index in [0.29, 0.717) is 17.1 Å². The second-order valence-electron chi connectivity index (χ2n) is 11.7. The summed E-state index contributed by atoms with van der Waals surface area (Å²) in [5.41, 5.74) is 15.6. The molecule has 4 aromatic heterocycles. The molecular weight excluding hydrogens is 637 g/mol. The first-order valence-corrected chi connectivity index (χ1v) is 16.3. The monoisotopic (exact) mass is 670 g/mol. The van der Waals surface area contributed by atoms with Crippen LogP contribution in [0.15, 0.2) is 151 Å². The van der Waals surface area contributed by atoms with E-state index in [4.69, 9.17) is 15.7 Å². The lowest BCUT2D eigenvalue weighted by atomic mass is 10.1. The number of carbonyl (C=O) groups is 1. The van der Waals surface area contributed by atoms with Crippen LogP contribution in [0.4, 0.5) is 5.82 Å². The Hall–Kier alpha value is -6.91. The van der Waals surface area contributed by atoms with E-state index in [1.807, 2.05) is 79.8 Å². The maximum Gasteiger partial charge on any atom is 0.271 e. The summed E-state index contributed by atoms with van der Waals surface area (Å²) in [6, 6.07) is 44.4. The summed E-state index contributed by atoms with van der Waals surface area (Å²) in [5.74, 6) is 1.16. The number of pyridine rings is 2. The number of nitrogen functional groups attached to an aromatic ring is 1. The number of rotatable bonds is 8. The minimum Gasteiger partial charge on any atom is -0.383 e. The van der Waals surface area contributed by atoms with Crippen LogP contribution in [0.5, 0.6) is 0 Å². The number of nitrogens with one attached hydrogen (secondary N) is 2. The Morgan fingerprint density at radius 2 is 1.45 bits per heavy atom. The molecule has 0 radical (unpaired) electrons. The Kier molecular flexibility index (Phi) is 9.40. The van der Waals surface area contributed by atoms with Gasteiger partial charge in [0.15, 0.2) is 11.5 Å². The van der Waals surface area contributed by atoms with Crippen LogP contribution in [0, 0.1) is 0 Å². The number of fused-ring (bicyclic) bond motifs is 1. The van der Waals surface area contributed by atoms with Gasteiger partial charge in [-0.3, -0.25) is 19.3 Å². The molecule has 10 nitrogen and oxygen atoms in total. The van der Waals surface area contributed by atoms with E-state index in [1.54, 1.807) is 36.5 Å². The van der Waals surface area contributed by atoms with Gasteiger partial charge in [0.25, 0.3) is 5.56 Å². The molecule has 0 aliphatic rings. The Morgan fingerprint density at radius 1 is 0.765 bits per heavy atom. The summed E-state index contributed by atoms with van der Waals surface area (Å²) in [5, 5.41) is 6.25. The molecule has 8 aromatic rings. The average Bonchev–Trinajstić information content (AvgIpc) is 3.77.